The Morgan fingerprint density at radius 3 is 2.69 bits per heavy atom. The first-order valence-corrected chi connectivity index (χ1v) is 6.62. The summed E-state index contributed by atoms with van der Waals surface area (Å²) in [5.74, 6) is 0.918. The van der Waals surface area contributed by atoms with Gasteiger partial charge in [0.25, 0.3) is 0 Å². The molecule has 0 bridgehead atoms. The molecule has 94 valence electrons. The van der Waals surface area contributed by atoms with E-state index >= 15 is 0 Å². The van der Waals surface area contributed by atoms with Gasteiger partial charge in [0.1, 0.15) is 0 Å². The highest BCUT2D eigenvalue weighted by molar-refractivity contribution is 5.77. The molecule has 1 fully saturated rings. The zero-order chi connectivity index (χ0) is 12.0. The van der Waals surface area contributed by atoms with E-state index in [-0.39, 0.29) is 5.91 Å². The number of rotatable bonds is 4. The zero-order valence-corrected chi connectivity index (χ0v) is 11.0. The minimum atomic E-state index is 0.207. The minimum absolute atomic E-state index is 0.207. The average Bonchev–Trinajstić information content (AvgIpc) is 2.50. The Kier molecular flexibility index (Phi) is 5.81. The van der Waals surface area contributed by atoms with Crippen molar-refractivity contribution in [1.82, 2.24) is 10.2 Å². The van der Waals surface area contributed by atoms with Crippen LogP contribution in [-0.2, 0) is 4.79 Å². The summed E-state index contributed by atoms with van der Waals surface area (Å²) in [5, 5.41) is 3.44. The molecule has 2 atom stereocenters. The van der Waals surface area contributed by atoms with Gasteiger partial charge >= 0.3 is 0 Å². The topological polar surface area (TPSA) is 32.3 Å². The van der Waals surface area contributed by atoms with Gasteiger partial charge in [-0.05, 0) is 25.7 Å². The van der Waals surface area contributed by atoms with Crippen LogP contribution in [0.2, 0.25) is 0 Å². The molecule has 1 aliphatic carbocycles. The first kappa shape index (κ1) is 13.5. The van der Waals surface area contributed by atoms with Crippen molar-refractivity contribution < 1.29 is 4.79 Å². The Morgan fingerprint density at radius 1 is 1.31 bits per heavy atom. The van der Waals surface area contributed by atoms with Crippen molar-refractivity contribution in [2.24, 2.45) is 5.92 Å². The molecule has 2 unspecified atom stereocenters. The van der Waals surface area contributed by atoms with Gasteiger partial charge in [0.2, 0.25) is 5.91 Å². The standard InChI is InChI=1S/C13H26N2O/c1-4-15(3)13(16)10-14-12-9-7-5-6-8-11(12)2/h11-12,14H,4-10H2,1-3H3. The van der Waals surface area contributed by atoms with Crippen LogP contribution in [0.3, 0.4) is 0 Å². The van der Waals surface area contributed by atoms with E-state index in [0.717, 1.165) is 6.54 Å². The quantitative estimate of drug-likeness (QED) is 0.744. The molecule has 0 heterocycles. The number of carbonyl (C=O) groups is 1. The summed E-state index contributed by atoms with van der Waals surface area (Å²) >= 11 is 0. The lowest BCUT2D eigenvalue weighted by molar-refractivity contribution is -0.128. The van der Waals surface area contributed by atoms with Gasteiger partial charge in [0.15, 0.2) is 0 Å². The highest BCUT2D eigenvalue weighted by Gasteiger charge is 2.20. The first-order valence-electron chi connectivity index (χ1n) is 6.62. The number of nitrogens with one attached hydrogen (secondary N) is 1. The highest BCUT2D eigenvalue weighted by Crippen LogP contribution is 2.22. The summed E-state index contributed by atoms with van der Waals surface area (Å²) in [4.78, 5) is 13.4. The van der Waals surface area contributed by atoms with Crippen molar-refractivity contribution in [3.05, 3.63) is 0 Å². The third-order valence-electron chi connectivity index (χ3n) is 3.78. The summed E-state index contributed by atoms with van der Waals surface area (Å²) in [6.07, 6.45) is 6.53. The molecule has 0 aliphatic heterocycles. The molecule has 3 nitrogen and oxygen atoms in total. The second-order valence-electron chi connectivity index (χ2n) is 5.01. The molecule has 0 aromatic carbocycles. The van der Waals surface area contributed by atoms with E-state index in [4.69, 9.17) is 0 Å². The molecule has 1 rings (SSSR count). The molecular formula is C13H26N2O. The normalized spacial score (nSPS) is 26.2. The van der Waals surface area contributed by atoms with E-state index < -0.39 is 0 Å². The zero-order valence-electron chi connectivity index (χ0n) is 11.0. The Balaban J connectivity index is 2.32. The summed E-state index contributed by atoms with van der Waals surface area (Å²) in [7, 11) is 1.86. The van der Waals surface area contributed by atoms with Gasteiger partial charge < -0.3 is 10.2 Å². The highest BCUT2D eigenvalue weighted by atomic mass is 16.2. The molecular weight excluding hydrogens is 200 g/mol. The van der Waals surface area contributed by atoms with Crippen LogP contribution < -0.4 is 5.32 Å². The van der Waals surface area contributed by atoms with E-state index in [1.807, 2.05) is 14.0 Å². The fraction of sp³-hybridized carbons (Fsp3) is 0.923. The SMILES string of the molecule is CCN(C)C(=O)CNC1CCCCCC1C. The number of nitrogens with zero attached hydrogens (tertiary/aromatic N) is 1. The van der Waals surface area contributed by atoms with Crippen molar-refractivity contribution in [3.8, 4) is 0 Å². The Labute approximate surface area is 99.6 Å². The predicted octanol–water partition coefficient (Wildman–Crippen LogP) is 2.02. The maximum absolute atomic E-state index is 11.7. The van der Waals surface area contributed by atoms with Gasteiger partial charge in [-0.25, -0.2) is 0 Å². The molecule has 1 amide bonds. The van der Waals surface area contributed by atoms with E-state index in [2.05, 4.69) is 12.2 Å². The molecule has 3 heteroatoms. The lowest BCUT2D eigenvalue weighted by Crippen LogP contribution is -2.42. The van der Waals surface area contributed by atoms with Crippen LogP contribution in [0.15, 0.2) is 0 Å². The van der Waals surface area contributed by atoms with E-state index in [1.165, 1.54) is 32.1 Å². The van der Waals surface area contributed by atoms with Crippen LogP contribution in [0.5, 0.6) is 0 Å². The second-order valence-corrected chi connectivity index (χ2v) is 5.01. The molecule has 16 heavy (non-hydrogen) atoms. The van der Waals surface area contributed by atoms with Crippen LogP contribution in [0.25, 0.3) is 0 Å². The van der Waals surface area contributed by atoms with Gasteiger partial charge in [-0.3, -0.25) is 4.79 Å². The van der Waals surface area contributed by atoms with E-state index in [0.29, 0.717) is 18.5 Å². The number of amides is 1. The molecule has 0 spiro atoms. The largest absolute Gasteiger partial charge is 0.345 e. The molecule has 1 N–H and O–H groups in total. The Morgan fingerprint density at radius 2 is 2.00 bits per heavy atom. The number of carbonyl (C=O) groups excluding carboxylic acids is 1. The minimum Gasteiger partial charge on any atom is -0.345 e. The van der Waals surface area contributed by atoms with Crippen LogP contribution in [-0.4, -0.2) is 37.0 Å². The molecule has 0 aromatic rings. The maximum atomic E-state index is 11.7. The van der Waals surface area contributed by atoms with Crippen molar-refractivity contribution in [3.63, 3.8) is 0 Å². The molecule has 0 saturated heterocycles. The number of hydrogen-bond acceptors (Lipinski definition) is 2. The van der Waals surface area contributed by atoms with Gasteiger partial charge in [-0.2, -0.15) is 0 Å². The first-order chi connectivity index (χ1) is 7.65. The van der Waals surface area contributed by atoms with Crippen molar-refractivity contribution in [2.45, 2.75) is 52.0 Å². The second kappa shape index (κ2) is 6.89. The van der Waals surface area contributed by atoms with Crippen LogP contribution >= 0.6 is 0 Å². The maximum Gasteiger partial charge on any atom is 0.236 e. The average molecular weight is 226 g/mol. The van der Waals surface area contributed by atoms with Crippen molar-refractivity contribution >= 4 is 5.91 Å². The van der Waals surface area contributed by atoms with Crippen LogP contribution in [0, 0.1) is 5.92 Å². The van der Waals surface area contributed by atoms with Crippen LogP contribution in [0.4, 0.5) is 0 Å². The molecule has 1 saturated carbocycles. The number of hydrogen-bond donors (Lipinski definition) is 1. The van der Waals surface area contributed by atoms with E-state index in [1.54, 1.807) is 4.90 Å². The number of likely N-dealkylation sites (N-methyl/N-ethyl adjacent to an activating group) is 1. The molecule has 0 aromatic heterocycles. The van der Waals surface area contributed by atoms with Gasteiger partial charge in [0, 0.05) is 19.6 Å². The van der Waals surface area contributed by atoms with Crippen LogP contribution in [0.1, 0.15) is 46.0 Å². The molecule has 0 radical (unpaired) electrons. The molecule has 1 aliphatic rings. The Hall–Kier alpha value is -0.570. The Bertz CT molecular complexity index is 218. The summed E-state index contributed by atoms with van der Waals surface area (Å²) < 4.78 is 0. The van der Waals surface area contributed by atoms with Gasteiger partial charge in [-0.1, -0.05) is 26.2 Å². The summed E-state index contributed by atoms with van der Waals surface area (Å²) in [5.41, 5.74) is 0. The van der Waals surface area contributed by atoms with Gasteiger partial charge in [0.05, 0.1) is 6.54 Å². The fourth-order valence-electron chi connectivity index (χ4n) is 2.33. The smallest absolute Gasteiger partial charge is 0.236 e. The van der Waals surface area contributed by atoms with Gasteiger partial charge in [-0.15, -0.1) is 0 Å². The third kappa shape index (κ3) is 4.12. The van der Waals surface area contributed by atoms with Crippen molar-refractivity contribution in [1.29, 1.82) is 0 Å². The van der Waals surface area contributed by atoms with E-state index in [9.17, 15) is 4.79 Å². The summed E-state index contributed by atoms with van der Waals surface area (Å²) in [6.45, 7) is 5.60. The fourth-order valence-corrected chi connectivity index (χ4v) is 2.33. The predicted molar refractivity (Wildman–Crippen MR) is 67.4 cm³/mol. The monoisotopic (exact) mass is 226 g/mol. The van der Waals surface area contributed by atoms with Crippen molar-refractivity contribution in [2.75, 3.05) is 20.1 Å². The third-order valence-corrected chi connectivity index (χ3v) is 3.78. The lowest BCUT2D eigenvalue weighted by Gasteiger charge is -2.24. The summed E-state index contributed by atoms with van der Waals surface area (Å²) in [6, 6.07) is 0.539. The lowest BCUT2D eigenvalue weighted by atomic mass is 9.97.